The van der Waals surface area contributed by atoms with E-state index in [9.17, 15) is 4.79 Å². The third-order valence-corrected chi connectivity index (χ3v) is 5.73. The Morgan fingerprint density at radius 2 is 1.93 bits per heavy atom. The van der Waals surface area contributed by atoms with Crippen LogP contribution in [0, 0.1) is 0 Å². The van der Waals surface area contributed by atoms with E-state index < -0.39 is 0 Å². The molecule has 0 spiro atoms. The number of carbonyl (C=O) groups is 1. The van der Waals surface area contributed by atoms with Gasteiger partial charge in [-0.15, -0.1) is 28.3 Å². The molecule has 0 atom stereocenters. The molecule has 7 heteroatoms. The van der Waals surface area contributed by atoms with Crippen LogP contribution in [0.25, 0.3) is 11.3 Å². The van der Waals surface area contributed by atoms with Crippen LogP contribution < -0.4 is 14.4 Å². The molecule has 0 bridgehead atoms. The Kier molecular flexibility index (Phi) is 6.92. The number of nitrogens with zero attached hydrogens (tertiary/aromatic N) is 2. The topological polar surface area (TPSA) is 51.7 Å². The summed E-state index contributed by atoms with van der Waals surface area (Å²) in [4.78, 5) is 18.7. The fraction of sp³-hybridized carbons (Fsp3) is 0.273. The number of hydrogen-bond donors (Lipinski definition) is 0. The monoisotopic (exact) mass is 474 g/mol. The van der Waals surface area contributed by atoms with Gasteiger partial charge in [-0.05, 0) is 36.2 Å². The molecule has 0 aliphatic carbocycles. The van der Waals surface area contributed by atoms with Gasteiger partial charge in [0.1, 0.15) is 0 Å². The van der Waals surface area contributed by atoms with E-state index in [0.29, 0.717) is 6.42 Å². The zero-order valence-corrected chi connectivity index (χ0v) is 18.9. The Labute approximate surface area is 185 Å². The van der Waals surface area contributed by atoms with Crippen molar-refractivity contribution in [2.45, 2.75) is 19.3 Å². The molecule has 0 unspecified atom stereocenters. The van der Waals surface area contributed by atoms with Gasteiger partial charge in [0.05, 0.1) is 24.9 Å². The van der Waals surface area contributed by atoms with Gasteiger partial charge in [-0.25, -0.2) is 4.98 Å². The molecule has 3 aromatic rings. The van der Waals surface area contributed by atoms with Crippen LogP contribution >= 0.6 is 28.3 Å². The van der Waals surface area contributed by atoms with Crippen molar-refractivity contribution in [1.82, 2.24) is 4.98 Å². The fourth-order valence-corrected chi connectivity index (χ4v) is 4.28. The molecule has 1 saturated heterocycles. The minimum Gasteiger partial charge on any atom is -0.493 e. The first-order chi connectivity index (χ1) is 13.7. The van der Waals surface area contributed by atoms with E-state index in [1.54, 1.807) is 25.6 Å². The molecule has 5 nitrogen and oxygen atoms in total. The van der Waals surface area contributed by atoms with E-state index in [4.69, 9.17) is 14.5 Å². The number of anilines is 1. The second-order valence-electron chi connectivity index (χ2n) is 6.69. The average Bonchev–Trinajstić information content (AvgIpc) is 3.37. The van der Waals surface area contributed by atoms with E-state index in [1.165, 1.54) is 0 Å². The van der Waals surface area contributed by atoms with E-state index in [2.05, 4.69) is 11.4 Å². The molecule has 29 heavy (non-hydrogen) atoms. The highest BCUT2D eigenvalue weighted by Gasteiger charge is 2.22. The van der Waals surface area contributed by atoms with Gasteiger partial charge in [-0.3, -0.25) is 4.79 Å². The summed E-state index contributed by atoms with van der Waals surface area (Å²) in [6, 6.07) is 14.0. The summed E-state index contributed by atoms with van der Waals surface area (Å²) in [5, 5.41) is 3.10. The molecule has 1 aliphatic rings. The van der Waals surface area contributed by atoms with Crippen molar-refractivity contribution in [1.29, 1.82) is 0 Å². The normalized spacial score (nSPS) is 13.3. The van der Waals surface area contributed by atoms with Crippen molar-refractivity contribution in [2.24, 2.45) is 0 Å². The minimum absolute atomic E-state index is 0. The summed E-state index contributed by atoms with van der Waals surface area (Å²) in [5.41, 5.74) is 4.05. The zero-order valence-electron chi connectivity index (χ0n) is 16.4. The smallest absolute Gasteiger partial charge is 0.227 e. The van der Waals surface area contributed by atoms with Gasteiger partial charge in [0, 0.05) is 36.0 Å². The number of benzene rings is 2. The van der Waals surface area contributed by atoms with Crippen molar-refractivity contribution in [3.63, 3.8) is 0 Å². The molecule has 1 aromatic heterocycles. The molecular formula is C22H23BrN2O3S. The third-order valence-electron chi connectivity index (χ3n) is 4.88. The zero-order chi connectivity index (χ0) is 19.5. The first-order valence-electron chi connectivity index (χ1n) is 9.24. The number of carbonyl (C=O) groups excluding carboxylic acids is 1. The van der Waals surface area contributed by atoms with Gasteiger partial charge in [-0.1, -0.05) is 18.2 Å². The maximum Gasteiger partial charge on any atom is 0.227 e. The summed E-state index contributed by atoms with van der Waals surface area (Å²) in [5.74, 6) is 1.64. The van der Waals surface area contributed by atoms with Crippen LogP contribution in [0.1, 0.15) is 23.4 Å². The van der Waals surface area contributed by atoms with Gasteiger partial charge in [-0.2, -0.15) is 0 Å². The standard InChI is InChI=1S/C22H22N2O3S.BrH/c1-26-19-9-8-15(11-20(19)27-2)12-21-23-18(14-28-21)16-5-3-6-17(13-16)24-10-4-7-22(24)25;/h3,5-6,8-9,11,13-14H,4,7,10,12H2,1-2H3;1H. The van der Waals surface area contributed by atoms with Crippen molar-refractivity contribution in [3.05, 3.63) is 58.4 Å². The third kappa shape index (κ3) is 4.62. The van der Waals surface area contributed by atoms with Crippen LogP contribution in [-0.2, 0) is 11.2 Å². The van der Waals surface area contributed by atoms with Crippen molar-refractivity contribution >= 4 is 39.9 Å². The number of ether oxygens (including phenoxy) is 2. The lowest BCUT2D eigenvalue weighted by Gasteiger charge is -2.16. The lowest BCUT2D eigenvalue weighted by Crippen LogP contribution is -2.23. The predicted molar refractivity (Wildman–Crippen MR) is 122 cm³/mol. The fourth-order valence-electron chi connectivity index (χ4n) is 3.44. The minimum atomic E-state index is 0. The molecule has 2 heterocycles. The van der Waals surface area contributed by atoms with E-state index in [-0.39, 0.29) is 22.9 Å². The van der Waals surface area contributed by atoms with Crippen molar-refractivity contribution < 1.29 is 14.3 Å². The Hall–Kier alpha value is -2.38. The van der Waals surface area contributed by atoms with Gasteiger partial charge in [0.2, 0.25) is 5.91 Å². The number of halogens is 1. The number of amides is 1. The largest absolute Gasteiger partial charge is 0.493 e. The number of aromatic nitrogens is 1. The van der Waals surface area contributed by atoms with E-state index in [0.717, 1.165) is 58.4 Å². The first kappa shape index (κ1) is 21.3. The summed E-state index contributed by atoms with van der Waals surface area (Å²) >= 11 is 1.64. The maximum absolute atomic E-state index is 12.0. The number of methoxy groups -OCH3 is 2. The SMILES string of the molecule is Br.COc1ccc(Cc2nc(-c3cccc(N4CCCC4=O)c3)cs2)cc1OC. The van der Waals surface area contributed by atoms with Crippen LogP contribution in [0.3, 0.4) is 0 Å². The van der Waals surface area contributed by atoms with Crippen LogP contribution in [0.2, 0.25) is 0 Å². The Morgan fingerprint density at radius 3 is 2.66 bits per heavy atom. The first-order valence-corrected chi connectivity index (χ1v) is 10.1. The predicted octanol–water partition coefficient (Wildman–Crippen LogP) is 5.12. The molecule has 4 rings (SSSR count). The molecule has 152 valence electrons. The number of rotatable bonds is 6. The van der Waals surface area contributed by atoms with Gasteiger partial charge in [0.25, 0.3) is 0 Å². The van der Waals surface area contributed by atoms with Gasteiger partial charge >= 0.3 is 0 Å². The summed E-state index contributed by atoms with van der Waals surface area (Å²) < 4.78 is 10.7. The second-order valence-corrected chi connectivity index (χ2v) is 7.63. The average molecular weight is 475 g/mol. The van der Waals surface area contributed by atoms with Crippen molar-refractivity contribution in [3.8, 4) is 22.8 Å². The molecule has 1 aliphatic heterocycles. The molecule has 0 radical (unpaired) electrons. The van der Waals surface area contributed by atoms with E-state index >= 15 is 0 Å². The van der Waals surface area contributed by atoms with Crippen molar-refractivity contribution in [2.75, 3.05) is 25.7 Å². The number of thiazole rings is 1. The highest BCUT2D eigenvalue weighted by atomic mass is 79.9. The van der Waals surface area contributed by atoms with E-state index in [1.807, 2.05) is 41.3 Å². The highest BCUT2D eigenvalue weighted by Crippen LogP contribution is 2.31. The number of hydrogen-bond acceptors (Lipinski definition) is 5. The van der Waals surface area contributed by atoms with Crippen LogP contribution in [0.4, 0.5) is 5.69 Å². The summed E-state index contributed by atoms with van der Waals surface area (Å²) in [6.45, 7) is 0.796. The molecular weight excluding hydrogens is 452 g/mol. The van der Waals surface area contributed by atoms with Crippen LogP contribution in [0.5, 0.6) is 11.5 Å². The molecule has 1 amide bonds. The molecule has 1 fully saturated rings. The maximum atomic E-state index is 12.0. The summed E-state index contributed by atoms with van der Waals surface area (Å²) in [6.07, 6.45) is 2.29. The van der Waals surface area contributed by atoms with Gasteiger partial charge < -0.3 is 14.4 Å². The van der Waals surface area contributed by atoms with Crippen LogP contribution in [0.15, 0.2) is 47.8 Å². The van der Waals surface area contributed by atoms with Crippen LogP contribution in [-0.4, -0.2) is 31.7 Å². The lowest BCUT2D eigenvalue weighted by atomic mass is 10.1. The second kappa shape index (κ2) is 9.41. The lowest BCUT2D eigenvalue weighted by molar-refractivity contribution is -0.117. The highest BCUT2D eigenvalue weighted by molar-refractivity contribution is 8.93. The van der Waals surface area contributed by atoms with Gasteiger partial charge in [0.15, 0.2) is 11.5 Å². The Balaban J connectivity index is 0.00000240. The quantitative estimate of drug-likeness (QED) is 0.497. The summed E-state index contributed by atoms with van der Waals surface area (Å²) in [7, 11) is 3.27. The molecule has 0 saturated carbocycles. The molecule has 0 N–H and O–H groups in total. The Morgan fingerprint density at radius 1 is 1.10 bits per heavy atom. The Bertz CT molecular complexity index is 1010. The molecule has 2 aromatic carbocycles.